The Kier molecular flexibility index (Phi) is 12.0. The van der Waals surface area contributed by atoms with Crippen molar-refractivity contribution >= 4 is 41.3 Å². The van der Waals surface area contributed by atoms with Crippen molar-refractivity contribution in [1.29, 1.82) is 0 Å². The molecular formula is C19H29IN4O2S. The first-order chi connectivity index (χ1) is 12.7. The van der Waals surface area contributed by atoms with Gasteiger partial charge in [0.1, 0.15) is 17.4 Å². The Bertz CT molecular complexity index is 677. The Morgan fingerprint density at radius 1 is 1.15 bits per heavy atom. The van der Waals surface area contributed by atoms with Gasteiger partial charge in [0.15, 0.2) is 5.96 Å². The number of thiazole rings is 1. The van der Waals surface area contributed by atoms with Crippen LogP contribution in [0.15, 0.2) is 35.5 Å². The molecule has 0 aliphatic carbocycles. The van der Waals surface area contributed by atoms with Gasteiger partial charge in [0.05, 0.1) is 19.7 Å². The van der Waals surface area contributed by atoms with Gasteiger partial charge < -0.3 is 20.1 Å². The van der Waals surface area contributed by atoms with Crippen molar-refractivity contribution in [3.8, 4) is 5.75 Å². The second-order valence-corrected chi connectivity index (χ2v) is 6.81. The number of aromatic nitrogens is 1. The summed E-state index contributed by atoms with van der Waals surface area (Å²) in [6.45, 7) is 7.44. The Morgan fingerprint density at radius 3 is 2.56 bits per heavy atom. The molecule has 0 bridgehead atoms. The molecule has 2 rings (SSSR count). The largest absolute Gasteiger partial charge is 0.491 e. The van der Waals surface area contributed by atoms with Crippen molar-refractivity contribution in [2.45, 2.75) is 33.4 Å². The molecule has 6 nitrogen and oxygen atoms in total. The van der Waals surface area contributed by atoms with Gasteiger partial charge in [-0.3, -0.25) is 0 Å². The van der Waals surface area contributed by atoms with Gasteiger partial charge in [-0.1, -0.05) is 19.1 Å². The zero-order valence-electron chi connectivity index (χ0n) is 16.2. The summed E-state index contributed by atoms with van der Waals surface area (Å²) in [5.74, 6) is 1.64. The van der Waals surface area contributed by atoms with E-state index in [0.717, 1.165) is 35.2 Å². The molecule has 1 heterocycles. The lowest BCUT2D eigenvalue weighted by atomic mass is 10.2. The molecular weight excluding hydrogens is 475 g/mol. The second kappa shape index (κ2) is 13.7. The van der Waals surface area contributed by atoms with Crippen LogP contribution in [0.5, 0.6) is 5.75 Å². The van der Waals surface area contributed by atoms with Gasteiger partial charge in [0.25, 0.3) is 0 Å². The number of nitrogens with zero attached hydrogens (tertiary/aromatic N) is 2. The first-order valence-electron chi connectivity index (χ1n) is 8.91. The zero-order chi connectivity index (χ0) is 18.6. The molecule has 2 N–H and O–H groups in total. The van der Waals surface area contributed by atoms with Crippen molar-refractivity contribution in [2.75, 3.05) is 26.9 Å². The fourth-order valence-corrected chi connectivity index (χ4v) is 3.00. The van der Waals surface area contributed by atoms with Gasteiger partial charge in [-0.2, -0.15) is 0 Å². The van der Waals surface area contributed by atoms with E-state index in [9.17, 15) is 0 Å². The monoisotopic (exact) mass is 504 g/mol. The van der Waals surface area contributed by atoms with Gasteiger partial charge in [0, 0.05) is 24.7 Å². The van der Waals surface area contributed by atoms with Crippen LogP contribution in [0.2, 0.25) is 0 Å². The highest BCUT2D eigenvalue weighted by Gasteiger charge is 2.03. The first kappa shape index (κ1) is 23.6. The Labute approximate surface area is 182 Å². The molecule has 2 aromatic rings. The molecule has 0 fully saturated rings. The Morgan fingerprint density at radius 2 is 1.93 bits per heavy atom. The smallest absolute Gasteiger partial charge is 0.191 e. The van der Waals surface area contributed by atoms with E-state index in [2.05, 4.69) is 34.5 Å². The number of benzene rings is 1. The lowest BCUT2D eigenvalue weighted by Crippen LogP contribution is -2.36. The van der Waals surface area contributed by atoms with Gasteiger partial charge in [-0.25, -0.2) is 9.98 Å². The number of hydrogen-bond donors (Lipinski definition) is 2. The highest BCUT2D eigenvalue weighted by Crippen LogP contribution is 2.14. The number of hydrogen-bond acceptors (Lipinski definition) is 5. The van der Waals surface area contributed by atoms with E-state index in [0.29, 0.717) is 26.3 Å². The van der Waals surface area contributed by atoms with E-state index in [1.807, 2.05) is 30.5 Å². The van der Waals surface area contributed by atoms with E-state index in [-0.39, 0.29) is 24.0 Å². The minimum Gasteiger partial charge on any atom is -0.491 e. The van der Waals surface area contributed by atoms with Crippen LogP contribution < -0.4 is 15.4 Å². The standard InChI is InChI=1S/C19H28N4O2S.HI/c1-4-17-13-21-18(26-17)14-23-19(20-5-2)22-12-15-6-8-16(9-7-15)25-11-10-24-3;/h6-9,13H,4-5,10-12,14H2,1-3H3,(H2,20,22,23);1H. The number of rotatable bonds is 10. The topological polar surface area (TPSA) is 67.8 Å². The summed E-state index contributed by atoms with van der Waals surface area (Å²) < 4.78 is 10.6. The number of aryl methyl sites for hydroxylation is 1. The average molecular weight is 504 g/mol. The first-order valence-corrected chi connectivity index (χ1v) is 9.73. The van der Waals surface area contributed by atoms with E-state index < -0.39 is 0 Å². The van der Waals surface area contributed by atoms with Crippen LogP contribution >= 0.6 is 35.3 Å². The molecule has 0 amide bonds. The quantitative estimate of drug-likeness (QED) is 0.224. The highest BCUT2D eigenvalue weighted by molar-refractivity contribution is 14.0. The minimum atomic E-state index is 0. The Hall–Kier alpha value is -1.39. The summed E-state index contributed by atoms with van der Waals surface area (Å²) in [6, 6.07) is 7.98. The number of nitrogens with one attached hydrogen (secondary N) is 2. The summed E-state index contributed by atoms with van der Waals surface area (Å²) in [5, 5.41) is 7.68. The summed E-state index contributed by atoms with van der Waals surface area (Å²) in [4.78, 5) is 10.4. The SMILES string of the molecule is CCNC(=NCc1ccc(OCCOC)cc1)NCc1ncc(CC)s1.I. The molecule has 150 valence electrons. The van der Waals surface area contributed by atoms with E-state index in [1.165, 1.54) is 4.88 Å². The summed E-state index contributed by atoms with van der Waals surface area (Å²) in [6.07, 6.45) is 2.97. The van der Waals surface area contributed by atoms with Crippen LogP contribution in [0.25, 0.3) is 0 Å². The average Bonchev–Trinajstić information content (AvgIpc) is 3.13. The van der Waals surface area contributed by atoms with Crippen LogP contribution in [0.4, 0.5) is 0 Å². The fraction of sp³-hybridized carbons (Fsp3) is 0.474. The van der Waals surface area contributed by atoms with Crippen LogP contribution in [-0.4, -0.2) is 37.8 Å². The highest BCUT2D eigenvalue weighted by atomic mass is 127. The molecule has 27 heavy (non-hydrogen) atoms. The van der Waals surface area contributed by atoms with Crippen LogP contribution in [-0.2, 0) is 24.2 Å². The van der Waals surface area contributed by atoms with Gasteiger partial charge >= 0.3 is 0 Å². The van der Waals surface area contributed by atoms with Crippen molar-refractivity contribution in [2.24, 2.45) is 4.99 Å². The molecule has 0 saturated heterocycles. The van der Waals surface area contributed by atoms with Crippen LogP contribution in [0.3, 0.4) is 0 Å². The fourth-order valence-electron chi connectivity index (χ4n) is 2.20. The zero-order valence-corrected chi connectivity index (χ0v) is 19.3. The normalized spacial score (nSPS) is 11.0. The predicted octanol–water partition coefficient (Wildman–Crippen LogP) is 3.60. The molecule has 0 spiro atoms. The minimum absolute atomic E-state index is 0. The third kappa shape index (κ3) is 8.89. The third-order valence-electron chi connectivity index (χ3n) is 3.60. The molecule has 1 aromatic heterocycles. The molecule has 0 aliphatic rings. The van der Waals surface area contributed by atoms with Crippen molar-refractivity contribution in [3.63, 3.8) is 0 Å². The maximum atomic E-state index is 5.57. The van der Waals surface area contributed by atoms with Crippen molar-refractivity contribution in [1.82, 2.24) is 15.6 Å². The molecule has 1 aromatic carbocycles. The number of halogens is 1. The van der Waals surface area contributed by atoms with E-state index in [4.69, 9.17) is 9.47 Å². The lowest BCUT2D eigenvalue weighted by molar-refractivity contribution is 0.146. The van der Waals surface area contributed by atoms with Gasteiger partial charge in [0.2, 0.25) is 0 Å². The molecule has 0 radical (unpaired) electrons. The van der Waals surface area contributed by atoms with Crippen LogP contribution in [0, 0.1) is 0 Å². The maximum absolute atomic E-state index is 5.57. The van der Waals surface area contributed by atoms with Gasteiger partial charge in [-0.15, -0.1) is 35.3 Å². The van der Waals surface area contributed by atoms with Gasteiger partial charge in [-0.05, 0) is 31.0 Å². The summed E-state index contributed by atoms with van der Waals surface area (Å²) >= 11 is 1.74. The maximum Gasteiger partial charge on any atom is 0.191 e. The molecule has 0 atom stereocenters. The summed E-state index contributed by atoms with van der Waals surface area (Å²) in [7, 11) is 1.66. The second-order valence-electron chi connectivity index (χ2n) is 5.61. The Balaban J connectivity index is 0.00000364. The molecule has 0 unspecified atom stereocenters. The summed E-state index contributed by atoms with van der Waals surface area (Å²) in [5.41, 5.74) is 1.13. The number of aliphatic imine (C=N–C) groups is 1. The van der Waals surface area contributed by atoms with Crippen LogP contribution in [0.1, 0.15) is 29.3 Å². The van der Waals surface area contributed by atoms with Crippen molar-refractivity contribution < 1.29 is 9.47 Å². The molecule has 0 aliphatic heterocycles. The van der Waals surface area contributed by atoms with E-state index in [1.54, 1.807) is 18.4 Å². The van der Waals surface area contributed by atoms with E-state index >= 15 is 0 Å². The number of ether oxygens (including phenoxy) is 2. The van der Waals surface area contributed by atoms with Crippen molar-refractivity contribution in [3.05, 3.63) is 45.9 Å². The third-order valence-corrected chi connectivity index (χ3v) is 4.74. The predicted molar refractivity (Wildman–Crippen MR) is 122 cm³/mol. The molecule has 0 saturated carbocycles. The number of methoxy groups -OCH3 is 1. The number of guanidine groups is 1. The molecule has 8 heteroatoms. The lowest BCUT2D eigenvalue weighted by Gasteiger charge is -2.10.